The van der Waals surface area contributed by atoms with Gasteiger partial charge in [-0.25, -0.2) is 0 Å². The molecule has 184 valence electrons. The van der Waals surface area contributed by atoms with Crippen molar-refractivity contribution in [2.75, 3.05) is 44.2 Å². The Morgan fingerprint density at radius 1 is 1.09 bits per heavy atom. The van der Waals surface area contributed by atoms with Crippen LogP contribution in [0.5, 0.6) is 5.75 Å². The number of anilines is 1. The smallest absolute Gasteiger partial charge is 0.294 e. The highest BCUT2D eigenvalue weighted by molar-refractivity contribution is 9.10. The van der Waals surface area contributed by atoms with E-state index >= 15 is 0 Å². The van der Waals surface area contributed by atoms with Gasteiger partial charge in [0.1, 0.15) is 12.3 Å². The third kappa shape index (κ3) is 6.27. The van der Waals surface area contributed by atoms with Gasteiger partial charge in [0, 0.05) is 31.9 Å². The van der Waals surface area contributed by atoms with E-state index in [0.29, 0.717) is 43.6 Å². The molecule has 7 nitrogen and oxygen atoms in total. The summed E-state index contributed by atoms with van der Waals surface area (Å²) in [4.78, 5) is 43.6. The lowest BCUT2D eigenvalue weighted by molar-refractivity contribution is -0.136. The van der Waals surface area contributed by atoms with Crippen LogP contribution in [-0.2, 0) is 9.59 Å². The maximum Gasteiger partial charge on any atom is 0.294 e. The summed E-state index contributed by atoms with van der Waals surface area (Å²) in [5, 5.41) is -0.423. The number of amides is 3. The number of hydrogen-bond acceptors (Lipinski definition) is 6. The first-order chi connectivity index (χ1) is 16.8. The van der Waals surface area contributed by atoms with Gasteiger partial charge in [-0.1, -0.05) is 38.1 Å². The molecule has 0 atom stereocenters. The van der Waals surface area contributed by atoms with Gasteiger partial charge in [-0.15, -0.1) is 0 Å². The molecule has 0 aliphatic carbocycles. The van der Waals surface area contributed by atoms with Gasteiger partial charge in [-0.2, -0.15) is 0 Å². The highest BCUT2D eigenvalue weighted by atomic mass is 79.9. The van der Waals surface area contributed by atoms with Crippen LogP contribution in [0.15, 0.2) is 57.9 Å². The third-order valence-electron chi connectivity index (χ3n) is 5.75. The molecule has 2 heterocycles. The van der Waals surface area contributed by atoms with Crippen LogP contribution in [0, 0.1) is 5.92 Å². The van der Waals surface area contributed by atoms with Crippen LogP contribution in [-0.4, -0.2) is 66.2 Å². The molecule has 0 bridgehead atoms. The summed E-state index contributed by atoms with van der Waals surface area (Å²) >= 11 is 4.36. The first kappa shape index (κ1) is 25.3. The van der Waals surface area contributed by atoms with Gasteiger partial charge in [0.25, 0.3) is 11.1 Å². The first-order valence-corrected chi connectivity index (χ1v) is 13.2. The van der Waals surface area contributed by atoms with E-state index in [1.165, 1.54) is 0 Å². The Morgan fingerprint density at radius 3 is 2.46 bits per heavy atom. The van der Waals surface area contributed by atoms with Crippen molar-refractivity contribution in [2.24, 2.45) is 5.92 Å². The predicted molar refractivity (Wildman–Crippen MR) is 142 cm³/mol. The zero-order valence-corrected chi connectivity index (χ0v) is 22.2. The van der Waals surface area contributed by atoms with Crippen molar-refractivity contribution in [3.8, 4) is 5.75 Å². The molecule has 0 spiro atoms. The minimum absolute atomic E-state index is 0.212. The Labute approximate surface area is 218 Å². The number of para-hydroxylation sites is 1. The van der Waals surface area contributed by atoms with Crippen molar-refractivity contribution in [1.82, 2.24) is 9.80 Å². The van der Waals surface area contributed by atoms with Crippen molar-refractivity contribution in [1.29, 1.82) is 0 Å². The summed E-state index contributed by atoms with van der Waals surface area (Å²) in [7, 11) is 0. The van der Waals surface area contributed by atoms with Crippen LogP contribution in [0.2, 0.25) is 0 Å². The topological polar surface area (TPSA) is 70.2 Å². The molecule has 3 amide bonds. The molecule has 4 rings (SSSR count). The number of halogens is 1. The average Bonchev–Trinajstić information content (AvgIpc) is 3.11. The van der Waals surface area contributed by atoms with Gasteiger partial charge in [0.2, 0.25) is 5.91 Å². The van der Waals surface area contributed by atoms with Crippen LogP contribution >= 0.6 is 27.7 Å². The maximum absolute atomic E-state index is 12.9. The number of carbonyl (C=O) groups is 3. The van der Waals surface area contributed by atoms with E-state index < -0.39 is 11.1 Å². The number of benzene rings is 2. The highest BCUT2D eigenvalue weighted by Gasteiger charge is 2.37. The van der Waals surface area contributed by atoms with E-state index in [9.17, 15) is 14.4 Å². The normalized spacial score (nSPS) is 17.6. The molecule has 0 radical (unpaired) electrons. The molecule has 35 heavy (non-hydrogen) atoms. The number of piperazine rings is 1. The number of rotatable bonds is 7. The van der Waals surface area contributed by atoms with Gasteiger partial charge >= 0.3 is 0 Å². The lowest BCUT2D eigenvalue weighted by atomic mass is 10.2. The number of carbonyl (C=O) groups excluding carboxylic acids is 3. The van der Waals surface area contributed by atoms with Crippen molar-refractivity contribution >= 4 is 56.5 Å². The highest BCUT2D eigenvalue weighted by Crippen LogP contribution is 2.34. The van der Waals surface area contributed by atoms with Gasteiger partial charge in [0.05, 0.1) is 16.0 Å². The number of ether oxygens (including phenoxy) is 1. The van der Waals surface area contributed by atoms with Gasteiger partial charge in [-0.05, 0) is 69.5 Å². The molecule has 0 aromatic heterocycles. The Morgan fingerprint density at radius 2 is 1.80 bits per heavy atom. The summed E-state index contributed by atoms with van der Waals surface area (Å²) in [6.07, 6.45) is 1.67. The van der Waals surface area contributed by atoms with Gasteiger partial charge < -0.3 is 14.5 Å². The van der Waals surface area contributed by atoms with Gasteiger partial charge in [-0.3, -0.25) is 19.3 Å². The zero-order chi connectivity index (χ0) is 24.9. The molecule has 2 aliphatic heterocycles. The second-order valence-electron chi connectivity index (χ2n) is 8.87. The summed E-state index contributed by atoms with van der Waals surface area (Å²) in [6.45, 7) is 7.05. The molecule has 9 heteroatoms. The van der Waals surface area contributed by atoms with E-state index in [4.69, 9.17) is 4.74 Å². The van der Waals surface area contributed by atoms with E-state index in [1.807, 2.05) is 36.4 Å². The Bertz CT molecular complexity index is 1130. The summed E-state index contributed by atoms with van der Waals surface area (Å²) < 4.78 is 6.54. The molecular formula is C26H28BrN3O4S. The van der Waals surface area contributed by atoms with Gasteiger partial charge in [0.15, 0.2) is 0 Å². The quantitative estimate of drug-likeness (QED) is 0.452. The average molecular weight is 558 g/mol. The monoisotopic (exact) mass is 557 g/mol. The zero-order valence-electron chi connectivity index (χ0n) is 19.8. The first-order valence-electron chi connectivity index (χ1n) is 11.6. The lowest BCUT2D eigenvalue weighted by Gasteiger charge is -2.36. The van der Waals surface area contributed by atoms with Crippen LogP contribution in [0.25, 0.3) is 6.08 Å². The maximum atomic E-state index is 12.9. The minimum atomic E-state index is -0.437. The largest absolute Gasteiger partial charge is 0.492 e. The van der Waals surface area contributed by atoms with Crippen LogP contribution in [0.3, 0.4) is 0 Å². The number of nitrogens with zero attached hydrogens (tertiary/aromatic N) is 3. The Balaban J connectivity index is 1.35. The molecule has 0 unspecified atom stereocenters. The Hall–Kier alpha value is -2.78. The molecule has 2 aromatic rings. The molecule has 0 saturated carbocycles. The number of thioether (sulfide) groups is 1. The summed E-state index contributed by atoms with van der Waals surface area (Å²) in [5.41, 5.74) is 1.89. The van der Waals surface area contributed by atoms with Crippen LogP contribution in [0.1, 0.15) is 19.4 Å². The minimum Gasteiger partial charge on any atom is -0.492 e. The predicted octanol–water partition coefficient (Wildman–Crippen LogP) is 4.87. The third-order valence-corrected chi connectivity index (χ3v) is 7.27. The second-order valence-corrected chi connectivity index (χ2v) is 10.7. The summed E-state index contributed by atoms with van der Waals surface area (Å²) in [6, 6.07) is 15.6. The standard InChI is InChI=1S/C26H28BrN3O4S/c1-18(2)17-34-22-9-8-19(14-21(22)27)15-23-25(32)30(26(33)35-23)16-24(31)29-12-10-28(11-13-29)20-6-4-3-5-7-20/h3-9,14-15,18H,10-13,16-17H2,1-2H3/b23-15+. The van der Waals surface area contributed by atoms with Crippen molar-refractivity contribution in [2.45, 2.75) is 13.8 Å². The SMILES string of the molecule is CC(C)COc1ccc(/C=C2/SC(=O)N(CC(=O)N3CCN(c4ccccc4)CC3)C2=O)cc1Br. The lowest BCUT2D eigenvalue weighted by Crippen LogP contribution is -2.51. The fourth-order valence-corrected chi connectivity index (χ4v) is 5.21. The molecule has 0 N–H and O–H groups in total. The molecule has 2 saturated heterocycles. The fourth-order valence-electron chi connectivity index (χ4n) is 3.86. The van der Waals surface area contributed by atoms with E-state index in [-0.39, 0.29) is 12.5 Å². The number of hydrogen-bond donors (Lipinski definition) is 0. The van der Waals surface area contributed by atoms with E-state index in [1.54, 1.807) is 11.0 Å². The van der Waals surface area contributed by atoms with Crippen molar-refractivity contribution < 1.29 is 19.1 Å². The van der Waals surface area contributed by atoms with Crippen molar-refractivity contribution in [3.63, 3.8) is 0 Å². The Kier molecular flexibility index (Phi) is 8.18. The molecular weight excluding hydrogens is 530 g/mol. The number of imide groups is 1. The van der Waals surface area contributed by atoms with Crippen molar-refractivity contribution in [3.05, 3.63) is 63.5 Å². The fraction of sp³-hybridized carbons (Fsp3) is 0.346. The molecule has 2 fully saturated rings. The second kappa shape index (κ2) is 11.3. The van der Waals surface area contributed by atoms with Crippen LogP contribution in [0.4, 0.5) is 10.5 Å². The summed E-state index contributed by atoms with van der Waals surface area (Å²) in [5.74, 6) is 0.480. The van der Waals surface area contributed by atoms with E-state index in [2.05, 4.69) is 46.8 Å². The van der Waals surface area contributed by atoms with Crippen LogP contribution < -0.4 is 9.64 Å². The van der Waals surface area contributed by atoms with E-state index in [0.717, 1.165) is 38.1 Å². The molecule has 2 aromatic carbocycles. The molecule has 2 aliphatic rings.